The number of nitro benzene ring substituents is 1. The Morgan fingerprint density at radius 3 is 2.05 bits per heavy atom. The Labute approximate surface area is 222 Å². The summed E-state index contributed by atoms with van der Waals surface area (Å²) in [6.45, 7) is 2.44. The number of ether oxygens (including phenoxy) is 3. The molecule has 0 fully saturated rings. The zero-order chi connectivity index (χ0) is 27.5. The SMILES string of the molecule is CCCCCCCCCCOc1cc([N+](=O)[O-])c(COC(=O)CCCC[Si](OC)(OC)OC)cc1OC. The fourth-order valence-electron chi connectivity index (χ4n) is 3.96. The minimum absolute atomic E-state index is 0.171. The van der Waals surface area contributed by atoms with Gasteiger partial charge in [-0.15, -0.1) is 0 Å². The summed E-state index contributed by atoms with van der Waals surface area (Å²) in [6, 6.07) is 3.42. The van der Waals surface area contributed by atoms with E-state index in [-0.39, 0.29) is 24.3 Å². The van der Waals surface area contributed by atoms with Crippen LogP contribution in [0.15, 0.2) is 12.1 Å². The monoisotopic (exact) mass is 543 g/mol. The Morgan fingerprint density at radius 1 is 0.865 bits per heavy atom. The molecule has 0 unspecified atom stereocenters. The van der Waals surface area contributed by atoms with Gasteiger partial charge in [-0.3, -0.25) is 14.9 Å². The number of hydrogen-bond acceptors (Lipinski definition) is 9. The smallest absolute Gasteiger partial charge is 0.493 e. The summed E-state index contributed by atoms with van der Waals surface area (Å²) < 4.78 is 32.6. The van der Waals surface area contributed by atoms with Crippen LogP contribution in [0, 0.1) is 10.1 Å². The van der Waals surface area contributed by atoms with E-state index in [0.29, 0.717) is 37.0 Å². The molecule has 37 heavy (non-hydrogen) atoms. The highest BCUT2D eigenvalue weighted by Crippen LogP contribution is 2.35. The molecule has 1 rings (SSSR count). The van der Waals surface area contributed by atoms with Crippen molar-refractivity contribution in [1.29, 1.82) is 0 Å². The predicted octanol–water partition coefficient (Wildman–Crippen LogP) is 6.21. The van der Waals surface area contributed by atoms with Crippen LogP contribution in [0.2, 0.25) is 6.04 Å². The lowest BCUT2D eigenvalue weighted by Crippen LogP contribution is -2.42. The first-order valence-electron chi connectivity index (χ1n) is 13.2. The molecule has 0 saturated heterocycles. The molecule has 11 heteroatoms. The largest absolute Gasteiger partial charge is 0.500 e. The molecule has 0 heterocycles. The molecule has 0 amide bonds. The van der Waals surface area contributed by atoms with Gasteiger partial charge in [-0.05, 0) is 25.3 Å². The van der Waals surface area contributed by atoms with Gasteiger partial charge in [-0.2, -0.15) is 0 Å². The van der Waals surface area contributed by atoms with E-state index >= 15 is 0 Å². The van der Waals surface area contributed by atoms with E-state index in [2.05, 4.69) is 6.92 Å². The summed E-state index contributed by atoms with van der Waals surface area (Å²) in [5.41, 5.74) is 0.0785. The van der Waals surface area contributed by atoms with Crippen LogP contribution in [-0.4, -0.2) is 54.7 Å². The molecule has 0 aromatic heterocycles. The maximum Gasteiger partial charge on any atom is 0.500 e. The number of carbonyl (C=O) groups is 1. The maximum atomic E-state index is 12.2. The highest BCUT2D eigenvalue weighted by molar-refractivity contribution is 6.60. The first-order valence-corrected chi connectivity index (χ1v) is 15.1. The van der Waals surface area contributed by atoms with E-state index in [1.54, 1.807) is 21.3 Å². The number of rotatable bonds is 22. The molecular formula is C26H45NO9Si. The molecule has 1 aromatic rings. The van der Waals surface area contributed by atoms with Gasteiger partial charge in [0.05, 0.1) is 30.3 Å². The second kappa shape index (κ2) is 18.9. The van der Waals surface area contributed by atoms with Crippen molar-refractivity contribution in [1.82, 2.24) is 0 Å². The van der Waals surface area contributed by atoms with E-state index < -0.39 is 19.7 Å². The van der Waals surface area contributed by atoms with Crippen LogP contribution >= 0.6 is 0 Å². The van der Waals surface area contributed by atoms with Gasteiger partial charge in [-0.1, -0.05) is 51.9 Å². The number of nitrogens with zero attached hydrogens (tertiary/aromatic N) is 1. The predicted molar refractivity (Wildman–Crippen MR) is 143 cm³/mol. The van der Waals surface area contributed by atoms with Crippen LogP contribution < -0.4 is 9.47 Å². The van der Waals surface area contributed by atoms with E-state index in [4.69, 9.17) is 27.5 Å². The molecule has 212 valence electrons. The van der Waals surface area contributed by atoms with Gasteiger partial charge in [0.15, 0.2) is 11.5 Å². The van der Waals surface area contributed by atoms with Gasteiger partial charge in [-0.25, -0.2) is 0 Å². The topological polar surface area (TPSA) is 116 Å². The van der Waals surface area contributed by atoms with Crippen molar-refractivity contribution in [2.24, 2.45) is 0 Å². The lowest BCUT2D eigenvalue weighted by atomic mass is 10.1. The third kappa shape index (κ3) is 12.3. The van der Waals surface area contributed by atoms with Crippen molar-refractivity contribution in [2.45, 2.75) is 90.2 Å². The van der Waals surface area contributed by atoms with Gasteiger partial charge in [0, 0.05) is 33.8 Å². The van der Waals surface area contributed by atoms with Crippen LogP contribution in [0.3, 0.4) is 0 Å². The molecule has 0 saturated carbocycles. The Balaban J connectivity index is 2.57. The van der Waals surface area contributed by atoms with Crippen LogP contribution in [-0.2, 0) is 29.4 Å². The molecule has 0 radical (unpaired) electrons. The molecule has 0 spiro atoms. The molecule has 0 aliphatic carbocycles. The van der Waals surface area contributed by atoms with Crippen molar-refractivity contribution in [3.05, 3.63) is 27.8 Å². The highest BCUT2D eigenvalue weighted by atomic mass is 28.4. The second-order valence-corrected chi connectivity index (χ2v) is 12.0. The molecule has 10 nitrogen and oxygen atoms in total. The molecule has 0 bridgehead atoms. The van der Waals surface area contributed by atoms with Crippen LogP contribution in [0.25, 0.3) is 0 Å². The second-order valence-electron chi connectivity index (χ2n) is 8.88. The zero-order valence-electron chi connectivity index (χ0n) is 23.2. The Hall–Kier alpha value is -2.21. The lowest BCUT2D eigenvalue weighted by Gasteiger charge is -2.24. The Kier molecular flexibility index (Phi) is 16.8. The quantitative estimate of drug-likeness (QED) is 0.0553. The Morgan fingerprint density at radius 2 is 1.49 bits per heavy atom. The van der Waals surface area contributed by atoms with Gasteiger partial charge in [0.25, 0.3) is 5.69 Å². The van der Waals surface area contributed by atoms with Crippen molar-refractivity contribution in [3.8, 4) is 11.5 Å². The number of methoxy groups -OCH3 is 1. The molecular weight excluding hydrogens is 498 g/mol. The van der Waals surface area contributed by atoms with Crippen molar-refractivity contribution >= 4 is 20.5 Å². The van der Waals surface area contributed by atoms with Crippen LogP contribution in [0.4, 0.5) is 5.69 Å². The molecule has 0 aliphatic rings. The third-order valence-corrected chi connectivity index (χ3v) is 9.08. The van der Waals surface area contributed by atoms with Gasteiger partial charge >= 0.3 is 14.8 Å². The number of nitro groups is 1. The van der Waals surface area contributed by atoms with Crippen molar-refractivity contribution in [2.75, 3.05) is 35.0 Å². The normalized spacial score (nSPS) is 11.4. The van der Waals surface area contributed by atoms with Crippen LogP contribution in [0.5, 0.6) is 11.5 Å². The average Bonchev–Trinajstić information content (AvgIpc) is 2.91. The molecule has 0 atom stereocenters. The number of carbonyl (C=O) groups excluding carboxylic acids is 1. The van der Waals surface area contributed by atoms with E-state index in [9.17, 15) is 14.9 Å². The van der Waals surface area contributed by atoms with E-state index in [1.165, 1.54) is 51.3 Å². The minimum Gasteiger partial charge on any atom is -0.493 e. The number of benzene rings is 1. The summed E-state index contributed by atoms with van der Waals surface area (Å²) in [4.78, 5) is 23.4. The van der Waals surface area contributed by atoms with Crippen LogP contribution in [0.1, 0.15) is 83.1 Å². The van der Waals surface area contributed by atoms with Gasteiger partial charge in [0.2, 0.25) is 0 Å². The van der Waals surface area contributed by atoms with Gasteiger partial charge < -0.3 is 27.5 Å². The standard InChI is InChI=1S/C26H45NO9Si/c1-6-7-8-9-10-11-12-14-17-35-25-20-23(27(29)30)22(19-24(25)31-2)21-36-26(28)16-13-15-18-37(32-3,33-4)34-5/h19-20H,6-18,21H2,1-5H3. The summed E-state index contributed by atoms with van der Waals surface area (Å²) in [5.74, 6) is 0.244. The summed E-state index contributed by atoms with van der Waals surface area (Å²) in [6.07, 6.45) is 10.8. The van der Waals surface area contributed by atoms with E-state index in [0.717, 1.165) is 19.3 Å². The molecule has 1 aromatic carbocycles. The van der Waals surface area contributed by atoms with Crippen molar-refractivity contribution < 1.29 is 37.2 Å². The molecule has 0 N–H and O–H groups in total. The third-order valence-electron chi connectivity index (χ3n) is 6.25. The highest BCUT2D eigenvalue weighted by Gasteiger charge is 2.36. The number of esters is 1. The summed E-state index contributed by atoms with van der Waals surface area (Å²) in [5, 5.41) is 11.7. The van der Waals surface area contributed by atoms with Crippen molar-refractivity contribution in [3.63, 3.8) is 0 Å². The number of hydrogen-bond donors (Lipinski definition) is 0. The average molecular weight is 544 g/mol. The Bertz CT molecular complexity index is 794. The minimum atomic E-state index is -2.67. The fourth-order valence-corrected chi connectivity index (χ4v) is 5.76. The maximum absolute atomic E-state index is 12.2. The summed E-state index contributed by atoms with van der Waals surface area (Å²) >= 11 is 0. The zero-order valence-corrected chi connectivity index (χ0v) is 24.2. The summed E-state index contributed by atoms with van der Waals surface area (Å²) in [7, 11) is 3.43. The van der Waals surface area contributed by atoms with Gasteiger partial charge in [0.1, 0.15) is 6.61 Å². The lowest BCUT2D eigenvalue weighted by molar-refractivity contribution is -0.385. The number of unbranched alkanes of at least 4 members (excludes halogenated alkanes) is 8. The fraction of sp³-hybridized carbons (Fsp3) is 0.731. The van der Waals surface area contributed by atoms with E-state index in [1.807, 2.05) is 0 Å². The first kappa shape index (κ1) is 32.8. The molecule has 0 aliphatic heterocycles. The first-order chi connectivity index (χ1) is 17.9.